The van der Waals surface area contributed by atoms with Crippen LogP contribution in [0.2, 0.25) is 0 Å². The summed E-state index contributed by atoms with van der Waals surface area (Å²) < 4.78 is 15.7. The summed E-state index contributed by atoms with van der Waals surface area (Å²) in [4.78, 5) is 25.6. The summed E-state index contributed by atoms with van der Waals surface area (Å²) in [6, 6.07) is -0.149. The van der Waals surface area contributed by atoms with Gasteiger partial charge in [-0.25, -0.2) is 0 Å². The van der Waals surface area contributed by atoms with Gasteiger partial charge in [-0.15, -0.1) is 0 Å². The minimum absolute atomic E-state index is 0.0446. The fraction of sp³-hybridized carbons (Fsp3) is 0.667. The highest BCUT2D eigenvalue weighted by atomic mass is 16.5. The van der Waals surface area contributed by atoms with E-state index < -0.39 is 6.10 Å². The summed E-state index contributed by atoms with van der Waals surface area (Å²) in [5.41, 5.74) is 6.94. The van der Waals surface area contributed by atoms with Gasteiger partial charge in [0.15, 0.2) is 0 Å². The fourth-order valence-electron chi connectivity index (χ4n) is 3.26. The molecule has 0 aromatic heterocycles. The number of esters is 1. The number of hydrogen-bond acceptors (Lipinski definition) is 7. The van der Waals surface area contributed by atoms with E-state index in [1.165, 1.54) is 7.11 Å². The molecule has 3 N–H and O–H groups in total. The molecule has 1 fully saturated rings. The Balaban J connectivity index is 2.03. The van der Waals surface area contributed by atoms with E-state index in [4.69, 9.17) is 15.2 Å². The molecule has 1 heterocycles. The number of aliphatic hydroxyl groups excluding tert-OH is 1. The predicted molar refractivity (Wildman–Crippen MR) is 93.7 cm³/mol. The van der Waals surface area contributed by atoms with Gasteiger partial charge in [0.25, 0.3) is 5.91 Å². The smallest absolute Gasteiger partial charge is 0.305 e. The molecule has 146 valence electrons. The van der Waals surface area contributed by atoms with Gasteiger partial charge >= 0.3 is 5.97 Å². The van der Waals surface area contributed by atoms with Gasteiger partial charge in [-0.3, -0.25) is 9.59 Å². The van der Waals surface area contributed by atoms with E-state index in [0.29, 0.717) is 43.0 Å². The largest absolute Gasteiger partial charge is 0.495 e. The van der Waals surface area contributed by atoms with Crippen LogP contribution < -0.4 is 5.73 Å². The van der Waals surface area contributed by atoms with E-state index in [1.807, 2.05) is 0 Å². The lowest BCUT2D eigenvalue weighted by Gasteiger charge is -2.29. The molecule has 0 bridgehead atoms. The molecule has 26 heavy (non-hydrogen) atoms. The second kappa shape index (κ2) is 9.59. The molecule has 0 spiro atoms. The standard InChI is InChI=1S/C18H28N2O6/c1-24-15-9-13(18(23)20-7-3-5-12(20)11-21)14(19)10-16(15)26-8-4-6-17(22)25-2/h10,12,15,21H,3-9,11,19H2,1-2H3. The third-order valence-corrected chi connectivity index (χ3v) is 4.77. The van der Waals surface area contributed by atoms with Crippen molar-refractivity contribution in [2.24, 2.45) is 5.73 Å². The quantitative estimate of drug-likeness (QED) is 0.473. The van der Waals surface area contributed by atoms with Crippen molar-refractivity contribution in [2.75, 3.05) is 34.0 Å². The van der Waals surface area contributed by atoms with Gasteiger partial charge in [0.1, 0.15) is 11.9 Å². The Kier molecular flexibility index (Phi) is 7.47. The molecule has 0 aromatic rings. The van der Waals surface area contributed by atoms with Crippen molar-refractivity contribution in [3.8, 4) is 0 Å². The number of allylic oxidation sites excluding steroid dienone is 1. The Morgan fingerprint density at radius 3 is 2.81 bits per heavy atom. The monoisotopic (exact) mass is 368 g/mol. The molecule has 0 radical (unpaired) electrons. The van der Waals surface area contributed by atoms with Crippen LogP contribution in [-0.2, 0) is 23.8 Å². The molecule has 1 saturated heterocycles. The average Bonchev–Trinajstić information content (AvgIpc) is 3.13. The third kappa shape index (κ3) is 4.76. The van der Waals surface area contributed by atoms with E-state index >= 15 is 0 Å². The predicted octanol–water partition coefficient (Wildman–Crippen LogP) is 0.455. The van der Waals surface area contributed by atoms with E-state index in [-0.39, 0.29) is 30.9 Å². The summed E-state index contributed by atoms with van der Waals surface area (Å²) in [5, 5.41) is 9.44. The van der Waals surface area contributed by atoms with Crippen molar-refractivity contribution < 1.29 is 28.9 Å². The lowest BCUT2D eigenvalue weighted by Crippen LogP contribution is -2.40. The van der Waals surface area contributed by atoms with Gasteiger partial charge in [0.05, 0.1) is 26.4 Å². The van der Waals surface area contributed by atoms with Crippen LogP contribution >= 0.6 is 0 Å². The van der Waals surface area contributed by atoms with Gasteiger partial charge < -0.3 is 30.0 Å². The highest BCUT2D eigenvalue weighted by molar-refractivity contribution is 5.95. The van der Waals surface area contributed by atoms with Crippen LogP contribution in [-0.4, -0.2) is 68.0 Å². The van der Waals surface area contributed by atoms with Gasteiger partial charge in [0, 0.05) is 43.8 Å². The number of aliphatic hydroxyl groups is 1. The summed E-state index contributed by atoms with van der Waals surface area (Å²) >= 11 is 0. The molecule has 2 atom stereocenters. The first-order valence-electron chi connectivity index (χ1n) is 8.86. The van der Waals surface area contributed by atoms with Crippen molar-refractivity contribution in [2.45, 2.75) is 44.2 Å². The number of carbonyl (C=O) groups excluding carboxylic acids is 2. The molecule has 2 unspecified atom stereocenters. The first-order chi connectivity index (χ1) is 12.5. The Morgan fingerprint density at radius 2 is 2.15 bits per heavy atom. The van der Waals surface area contributed by atoms with Crippen LogP contribution in [0, 0.1) is 0 Å². The molecule has 8 nitrogen and oxygen atoms in total. The fourth-order valence-corrected chi connectivity index (χ4v) is 3.26. The summed E-state index contributed by atoms with van der Waals surface area (Å²) in [5.74, 6) is 0.111. The first-order valence-corrected chi connectivity index (χ1v) is 8.86. The molecule has 0 aromatic carbocycles. The van der Waals surface area contributed by atoms with Gasteiger partial charge in [-0.05, 0) is 19.3 Å². The van der Waals surface area contributed by atoms with Crippen LogP contribution in [0.25, 0.3) is 0 Å². The third-order valence-electron chi connectivity index (χ3n) is 4.77. The normalized spacial score (nSPS) is 23.0. The molecule has 1 aliphatic heterocycles. The first kappa shape index (κ1) is 20.3. The Bertz CT molecular complexity index is 586. The molecule has 2 rings (SSSR count). The number of likely N-dealkylation sites (tertiary alicyclic amines) is 1. The van der Waals surface area contributed by atoms with E-state index in [1.54, 1.807) is 18.1 Å². The van der Waals surface area contributed by atoms with Gasteiger partial charge in [-0.1, -0.05) is 0 Å². The molecule has 1 aliphatic carbocycles. The molecular weight excluding hydrogens is 340 g/mol. The molecule has 1 amide bonds. The number of methoxy groups -OCH3 is 2. The lowest BCUT2D eigenvalue weighted by atomic mass is 9.97. The van der Waals surface area contributed by atoms with Crippen LogP contribution in [0.3, 0.4) is 0 Å². The second-order valence-electron chi connectivity index (χ2n) is 6.41. The Morgan fingerprint density at radius 1 is 1.38 bits per heavy atom. The van der Waals surface area contributed by atoms with E-state index in [2.05, 4.69) is 4.74 Å². The topological polar surface area (TPSA) is 111 Å². The Hall–Kier alpha value is -2.06. The Labute approximate surface area is 153 Å². The van der Waals surface area contributed by atoms with Gasteiger partial charge in [0.2, 0.25) is 0 Å². The average molecular weight is 368 g/mol. The van der Waals surface area contributed by atoms with Crippen molar-refractivity contribution in [3.63, 3.8) is 0 Å². The zero-order valence-electron chi connectivity index (χ0n) is 15.4. The summed E-state index contributed by atoms with van der Waals surface area (Å²) in [6.07, 6.45) is 3.99. The number of ether oxygens (including phenoxy) is 3. The summed E-state index contributed by atoms with van der Waals surface area (Å²) in [6.45, 7) is 0.909. The van der Waals surface area contributed by atoms with E-state index in [0.717, 1.165) is 12.8 Å². The maximum atomic E-state index is 12.8. The number of nitrogens with two attached hydrogens (primary N) is 1. The highest BCUT2D eigenvalue weighted by Crippen LogP contribution is 2.29. The maximum absolute atomic E-state index is 12.8. The van der Waals surface area contributed by atoms with Crippen LogP contribution in [0.15, 0.2) is 23.1 Å². The maximum Gasteiger partial charge on any atom is 0.305 e. The zero-order valence-corrected chi connectivity index (χ0v) is 15.4. The highest BCUT2D eigenvalue weighted by Gasteiger charge is 2.34. The van der Waals surface area contributed by atoms with Crippen molar-refractivity contribution in [1.82, 2.24) is 4.90 Å². The molecule has 2 aliphatic rings. The number of amides is 1. The molecular formula is C18H28N2O6. The molecule has 0 saturated carbocycles. The number of nitrogens with zero attached hydrogens (tertiary/aromatic N) is 1. The SMILES string of the molecule is COC(=O)CCCOC1=CC(N)=C(C(=O)N2CCCC2CO)CC1OC. The number of hydrogen-bond donors (Lipinski definition) is 2. The molecule has 8 heteroatoms. The lowest BCUT2D eigenvalue weighted by molar-refractivity contribution is -0.141. The second-order valence-corrected chi connectivity index (χ2v) is 6.41. The van der Waals surface area contributed by atoms with Crippen molar-refractivity contribution >= 4 is 11.9 Å². The van der Waals surface area contributed by atoms with Crippen LogP contribution in [0.1, 0.15) is 32.1 Å². The van der Waals surface area contributed by atoms with E-state index in [9.17, 15) is 14.7 Å². The van der Waals surface area contributed by atoms with Crippen LogP contribution in [0.5, 0.6) is 0 Å². The van der Waals surface area contributed by atoms with Crippen molar-refractivity contribution in [3.05, 3.63) is 23.1 Å². The number of carbonyl (C=O) groups is 2. The number of rotatable bonds is 8. The van der Waals surface area contributed by atoms with Gasteiger partial charge in [-0.2, -0.15) is 0 Å². The summed E-state index contributed by atoms with van der Waals surface area (Å²) in [7, 11) is 2.89. The zero-order chi connectivity index (χ0) is 19.1. The minimum atomic E-state index is -0.408. The minimum Gasteiger partial charge on any atom is -0.495 e. The van der Waals surface area contributed by atoms with Crippen molar-refractivity contribution in [1.29, 1.82) is 0 Å². The van der Waals surface area contributed by atoms with Crippen LogP contribution in [0.4, 0.5) is 0 Å².